The third-order valence-corrected chi connectivity index (χ3v) is 3.94. The number of carbonyl (C=O) groups is 2. The lowest BCUT2D eigenvalue weighted by atomic mass is 10.1. The molecule has 0 aliphatic rings. The summed E-state index contributed by atoms with van der Waals surface area (Å²) in [6, 6.07) is 22.8. The summed E-state index contributed by atoms with van der Waals surface area (Å²) in [5.74, 6) is 0.202. The Labute approximate surface area is 162 Å². The van der Waals surface area contributed by atoms with Crippen LogP contribution in [0.5, 0.6) is 5.75 Å². The second-order valence-corrected chi connectivity index (χ2v) is 5.87. The second kappa shape index (κ2) is 9.14. The molecule has 0 saturated carbocycles. The zero-order chi connectivity index (χ0) is 19.8. The minimum atomic E-state index is -0.342. The summed E-state index contributed by atoms with van der Waals surface area (Å²) in [5.41, 5.74) is 4.91. The van der Waals surface area contributed by atoms with Gasteiger partial charge in [0, 0.05) is 16.8 Å². The van der Waals surface area contributed by atoms with Gasteiger partial charge < -0.3 is 10.1 Å². The van der Waals surface area contributed by atoms with Crippen LogP contribution in [0.25, 0.3) is 0 Å². The number of methoxy groups -OCH3 is 1. The zero-order valence-electron chi connectivity index (χ0n) is 15.3. The Kier molecular flexibility index (Phi) is 6.15. The van der Waals surface area contributed by atoms with E-state index in [0.717, 1.165) is 11.3 Å². The number of hydrazone groups is 1. The van der Waals surface area contributed by atoms with Gasteiger partial charge >= 0.3 is 0 Å². The highest BCUT2D eigenvalue weighted by Gasteiger charge is 2.07. The van der Waals surface area contributed by atoms with Crippen LogP contribution >= 0.6 is 0 Å². The van der Waals surface area contributed by atoms with Crippen molar-refractivity contribution in [2.45, 2.75) is 0 Å². The largest absolute Gasteiger partial charge is 0.497 e. The van der Waals surface area contributed by atoms with E-state index in [4.69, 9.17) is 4.74 Å². The highest BCUT2D eigenvalue weighted by Crippen LogP contribution is 2.12. The van der Waals surface area contributed by atoms with Crippen molar-refractivity contribution in [3.8, 4) is 5.75 Å². The van der Waals surface area contributed by atoms with Crippen molar-refractivity contribution in [3.63, 3.8) is 0 Å². The monoisotopic (exact) mass is 373 g/mol. The minimum Gasteiger partial charge on any atom is -0.497 e. The molecule has 3 aromatic carbocycles. The molecule has 0 aliphatic carbocycles. The Hall–Kier alpha value is -3.93. The highest BCUT2D eigenvalue weighted by atomic mass is 16.5. The molecular weight excluding hydrogens is 354 g/mol. The summed E-state index contributed by atoms with van der Waals surface area (Å²) in [6.45, 7) is 0. The van der Waals surface area contributed by atoms with Gasteiger partial charge in [-0.3, -0.25) is 9.59 Å². The number of carbonyl (C=O) groups excluding carboxylic acids is 2. The van der Waals surface area contributed by atoms with E-state index in [2.05, 4.69) is 15.8 Å². The number of benzene rings is 3. The first-order valence-corrected chi connectivity index (χ1v) is 8.59. The van der Waals surface area contributed by atoms with Crippen LogP contribution in [-0.4, -0.2) is 25.1 Å². The number of amides is 2. The number of nitrogens with zero attached hydrogens (tertiary/aromatic N) is 1. The van der Waals surface area contributed by atoms with Crippen molar-refractivity contribution >= 4 is 23.7 Å². The quantitative estimate of drug-likeness (QED) is 0.511. The van der Waals surface area contributed by atoms with Crippen molar-refractivity contribution in [1.29, 1.82) is 0 Å². The number of nitrogens with one attached hydrogen (secondary N) is 2. The molecule has 0 unspecified atom stereocenters. The molecule has 0 spiro atoms. The zero-order valence-corrected chi connectivity index (χ0v) is 15.3. The molecule has 3 aromatic rings. The van der Waals surface area contributed by atoms with E-state index >= 15 is 0 Å². The van der Waals surface area contributed by atoms with E-state index in [9.17, 15) is 9.59 Å². The van der Waals surface area contributed by atoms with Crippen molar-refractivity contribution < 1.29 is 14.3 Å². The molecule has 2 N–H and O–H groups in total. The third kappa shape index (κ3) is 5.04. The van der Waals surface area contributed by atoms with E-state index < -0.39 is 0 Å². The lowest BCUT2D eigenvalue weighted by Crippen LogP contribution is -2.17. The molecule has 3 rings (SSSR count). The molecule has 0 fully saturated rings. The summed E-state index contributed by atoms with van der Waals surface area (Å²) in [5, 5.41) is 6.74. The Morgan fingerprint density at radius 1 is 0.821 bits per heavy atom. The SMILES string of the molecule is COc1ccc(C=NNC(=O)c2ccc(NC(=O)c3ccccc3)cc2)cc1. The van der Waals surface area contributed by atoms with Crippen LogP contribution in [0.4, 0.5) is 5.69 Å². The number of anilines is 1. The van der Waals surface area contributed by atoms with Crippen LogP contribution in [0, 0.1) is 0 Å². The minimum absolute atomic E-state index is 0.207. The lowest BCUT2D eigenvalue weighted by Gasteiger charge is -2.06. The van der Waals surface area contributed by atoms with Gasteiger partial charge in [-0.15, -0.1) is 0 Å². The smallest absolute Gasteiger partial charge is 0.271 e. The van der Waals surface area contributed by atoms with Gasteiger partial charge in [-0.05, 0) is 66.2 Å². The molecule has 0 bridgehead atoms. The van der Waals surface area contributed by atoms with E-state index in [1.54, 1.807) is 61.9 Å². The fraction of sp³-hybridized carbons (Fsp3) is 0.0455. The maximum atomic E-state index is 12.2. The molecule has 0 heterocycles. The maximum absolute atomic E-state index is 12.2. The Morgan fingerprint density at radius 3 is 2.11 bits per heavy atom. The standard InChI is InChI=1S/C22H19N3O3/c1-28-20-13-7-16(8-14-20)15-23-25-22(27)18-9-11-19(12-10-18)24-21(26)17-5-3-2-4-6-17/h2-15H,1H3,(H,24,26)(H,25,27). The van der Waals surface area contributed by atoms with E-state index in [1.807, 2.05) is 30.3 Å². The molecule has 0 atom stereocenters. The van der Waals surface area contributed by atoms with Crippen LogP contribution in [0.1, 0.15) is 26.3 Å². The van der Waals surface area contributed by atoms with E-state index in [0.29, 0.717) is 16.8 Å². The molecule has 0 aliphatic heterocycles. The van der Waals surface area contributed by atoms with Crippen LogP contribution in [0.3, 0.4) is 0 Å². The van der Waals surface area contributed by atoms with Crippen molar-refractivity contribution in [2.24, 2.45) is 5.10 Å². The van der Waals surface area contributed by atoms with Crippen molar-refractivity contribution in [1.82, 2.24) is 5.43 Å². The molecule has 140 valence electrons. The van der Waals surface area contributed by atoms with Crippen molar-refractivity contribution in [2.75, 3.05) is 12.4 Å². The summed E-state index contributed by atoms with van der Waals surface area (Å²) in [4.78, 5) is 24.3. The normalized spacial score (nSPS) is 10.5. The molecule has 0 aromatic heterocycles. The first-order valence-electron chi connectivity index (χ1n) is 8.59. The summed E-state index contributed by atoms with van der Waals surface area (Å²) in [6.07, 6.45) is 1.55. The molecule has 6 heteroatoms. The number of hydrogen-bond donors (Lipinski definition) is 2. The van der Waals surface area contributed by atoms with Gasteiger partial charge in [0.05, 0.1) is 13.3 Å². The average Bonchev–Trinajstić information content (AvgIpc) is 2.75. The van der Waals surface area contributed by atoms with Gasteiger partial charge in [0.2, 0.25) is 0 Å². The lowest BCUT2D eigenvalue weighted by molar-refractivity contribution is 0.0954. The van der Waals surface area contributed by atoms with E-state index in [-0.39, 0.29) is 11.8 Å². The van der Waals surface area contributed by atoms with Gasteiger partial charge in [0.15, 0.2) is 0 Å². The predicted molar refractivity (Wildman–Crippen MR) is 109 cm³/mol. The molecule has 0 saturated heterocycles. The van der Waals surface area contributed by atoms with Gasteiger partial charge in [-0.2, -0.15) is 5.10 Å². The highest BCUT2D eigenvalue weighted by molar-refractivity contribution is 6.04. The Balaban J connectivity index is 1.55. The molecule has 6 nitrogen and oxygen atoms in total. The van der Waals surface area contributed by atoms with Gasteiger partial charge in [0.25, 0.3) is 11.8 Å². The van der Waals surface area contributed by atoms with Crippen molar-refractivity contribution in [3.05, 3.63) is 95.6 Å². The van der Waals surface area contributed by atoms with Crippen LogP contribution in [0.15, 0.2) is 84.0 Å². The fourth-order valence-corrected chi connectivity index (χ4v) is 2.42. The summed E-state index contributed by atoms with van der Waals surface area (Å²) < 4.78 is 5.09. The third-order valence-electron chi connectivity index (χ3n) is 3.94. The number of hydrogen-bond acceptors (Lipinski definition) is 4. The van der Waals surface area contributed by atoms with Crippen LogP contribution in [-0.2, 0) is 0 Å². The van der Waals surface area contributed by atoms with E-state index in [1.165, 1.54) is 0 Å². The van der Waals surface area contributed by atoms with Gasteiger partial charge in [-0.25, -0.2) is 5.43 Å². The number of ether oxygens (including phenoxy) is 1. The fourth-order valence-electron chi connectivity index (χ4n) is 2.42. The van der Waals surface area contributed by atoms with Gasteiger partial charge in [0.1, 0.15) is 5.75 Å². The van der Waals surface area contributed by atoms with Gasteiger partial charge in [-0.1, -0.05) is 18.2 Å². The number of rotatable bonds is 6. The molecular formula is C22H19N3O3. The Morgan fingerprint density at radius 2 is 1.46 bits per heavy atom. The summed E-state index contributed by atoms with van der Waals surface area (Å²) in [7, 11) is 1.60. The van der Waals surface area contributed by atoms with Crippen LogP contribution < -0.4 is 15.5 Å². The average molecular weight is 373 g/mol. The molecule has 0 radical (unpaired) electrons. The Bertz CT molecular complexity index is 966. The predicted octanol–water partition coefficient (Wildman–Crippen LogP) is 3.71. The first kappa shape index (κ1) is 18.8. The maximum Gasteiger partial charge on any atom is 0.271 e. The topological polar surface area (TPSA) is 79.8 Å². The second-order valence-electron chi connectivity index (χ2n) is 5.87. The molecule has 2 amide bonds. The van der Waals surface area contributed by atoms with Crippen LogP contribution in [0.2, 0.25) is 0 Å². The summed E-state index contributed by atoms with van der Waals surface area (Å²) >= 11 is 0. The first-order chi connectivity index (χ1) is 13.7. The molecule has 28 heavy (non-hydrogen) atoms.